The Kier molecular flexibility index (Phi) is 3.62. The van der Waals surface area contributed by atoms with Crippen LogP contribution in [0.25, 0.3) is 5.57 Å². The Bertz CT molecular complexity index is 643. The Labute approximate surface area is 120 Å². The molecule has 1 aromatic rings. The van der Waals surface area contributed by atoms with E-state index in [0.717, 1.165) is 0 Å². The fourth-order valence-electron chi connectivity index (χ4n) is 2.26. The normalized spacial score (nSPS) is 20.6. The summed E-state index contributed by atoms with van der Waals surface area (Å²) in [5, 5.41) is 11.5. The number of β-lactam (4-membered cyclic amide) rings is 1. The number of hydrogen-bond donors (Lipinski definition) is 3. The van der Waals surface area contributed by atoms with Gasteiger partial charge in [-0.3, -0.25) is 4.79 Å². The number of nitrogen functional groups attached to an aromatic ring is 1. The lowest BCUT2D eigenvalue weighted by Crippen LogP contribution is -2.67. The number of carboxylic acids is 1. The summed E-state index contributed by atoms with van der Waals surface area (Å²) in [6, 6.07) is 1.04. The van der Waals surface area contributed by atoms with Crippen LogP contribution in [-0.4, -0.2) is 46.0 Å². The first kappa shape index (κ1) is 14.5. The van der Waals surface area contributed by atoms with Crippen LogP contribution in [0, 0.1) is 5.92 Å². The zero-order chi connectivity index (χ0) is 15.7. The highest BCUT2D eigenvalue weighted by atomic mass is 16.4. The molecule has 1 aliphatic heterocycles. The summed E-state index contributed by atoms with van der Waals surface area (Å²) in [6.45, 7) is 3.76. The van der Waals surface area contributed by atoms with Gasteiger partial charge in [-0.05, 0) is 23.3 Å². The van der Waals surface area contributed by atoms with E-state index in [1.54, 1.807) is 6.07 Å². The van der Waals surface area contributed by atoms with Gasteiger partial charge in [0.2, 0.25) is 5.91 Å². The topological polar surface area (TPSA) is 126 Å². The van der Waals surface area contributed by atoms with E-state index in [4.69, 9.17) is 5.73 Å². The van der Waals surface area contributed by atoms with Gasteiger partial charge in [0.05, 0.1) is 5.92 Å². The summed E-state index contributed by atoms with van der Waals surface area (Å²) in [5.41, 5.74) is 6.36. The fourth-order valence-corrected chi connectivity index (χ4v) is 2.26. The van der Waals surface area contributed by atoms with Gasteiger partial charge in [-0.15, -0.1) is 0 Å². The average Bonchev–Trinajstić information content (AvgIpc) is 2.43. The van der Waals surface area contributed by atoms with Crippen molar-refractivity contribution in [2.75, 3.05) is 12.8 Å². The van der Waals surface area contributed by atoms with E-state index in [2.05, 4.69) is 16.9 Å². The monoisotopic (exact) mass is 290 g/mol. The quantitative estimate of drug-likeness (QED) is 0.669. The SMILES string of the molecule is C=C(c1ccnc(N)c1)[C@H]1C(=O)N(C(=O)NC)[C@@H]1C(=O)O. The number of nitrogens with one attached hydrogen (secondary N) is 1. The third-order valence-corrected chi connectivity index (χ3v) is 3.31. The number of pyridine rings is 1. The number of nitrogens with zero attached hydrogens (tertiary/aromatic N) is 2. The zero-order valence-corrected chi connectivity index (χ0v) is 11.2. The van der Waals surface area contributed by atoms with E-state index in [9.17, 15) is 19.5 Å². The number of hydrogen-bond acceptors (Lipinski definition) is 5. The molecule has 8 nitrogen and oxygen atoms in total. The predicted molar refractivity (Wildman–Crippen MR) is 73.9 cm³/mol. The highest BCUT2D eigenvalue weighted by molar-refractivity contribution is 6.12. The van der Waals surface area contributed by atoms with Gasteiger partial charge >= 0.3 is 12.0 Å². The average molecular weight is 290 g/mol. The lowest BCUT2D eigenvalue weighted by molar-refractivity contribution is -0.162. The van der Waals surface area contributed by atoms with Gasteiger partial charge in [-0.25, -0.2) is 19.5 Å². The van der Waals surface area contributed by atoms with Crippen LogP contribution >= 0.6 is 0 Å². The number of anilines is 1. The van der Waals surface area contributed by atoms with Crippen LogP contribution in [-0.2, 0) is 9.59 Å². The predicted octanol–water partition coefficient (Wildman–Crippen LogP) is -0.0720. The van der Waals surface area contributed by atoms with Crippen molar-refractivity contribution in [3.05, 3.63) is 30.5 Å². The number of carbonyl (C=O) groups excluding carboxylic acids is 2. The molecule has 110 valence electrons. The molecule has 0 radical (unpaired) electrons. The Hall–Kier alpha value is -2.90. The smallest absolute Gasteiger partial charge is 0.328 e. The van der Waals surface area contributed by atoms with Crippen molar-refractivity contribution in [1.82, 2.24) is 15.2 Å². The Morgan fingerprint density at radius 1 is 1.52 bits per heavy atom. The standard InChI is InChI=1S/C13H14N4O4/c1-6(7-3-4-16-8(14)5-7)9-10(12(19)20)17(11(9)18)13(21)15-2/h3-5,9-10H,1H2,2H3,(H2,14,16)(H,15,21)(H,19,20)/t9-,10+/m1/s1. The first-order chi connectivity index (χ1) is 9.88. The number of nitrogens with two attached hydrogens (primary N) is 1. The summed E-state index contributed by atoms with van der Waals surface area (Å²) < 4.78 is 0. The van der Waals surface area contributed by atoms with Crippen molar-refractivity contribution < 1.29 is 19.5 Å². The second-order valence-electron chi connectivity index (χ2n) is 4.52. The number of rotatable bonds is 3. The summed E-state index contributed by atoms with van der Waals surface area (Å²) in [5.74, 6) is -2.65. The maximum atomic E-state index is 12.1. The number of likely N-dealkylation sites (tertiary alicyclic amines) is 1. The molecule has 1 saturated heterocycles. The molecule has 1 aliphatic rings. The second kappa shape index (κ2) is 5.23. The molecule has 0 saturated carbocycles. The van der Waals surface area contributed by atoms with E-state index in [1.165, 1.54) is 19.3 Å². The Morgan fingerprint density at radius 3 is 2.71 bits per heavy atom. The highest BCUT2D eigenvalue weighted by Crippen LogP contribution is 2.37. The minimum atomic E-state index is -1.28. The van der Waals surface area contributed by atoms with Gasteiger partial charge in [0, 0.05) is 13.2 Å². The van der Waals surface area contributed by atoms with Gasteiger partial charge in [0.15, 0.2) is 6.04 Å². The number of aromatic nitrogens is 1. The van der Waals surface area contributed by atoms with Crippen molar-refractivity contribution in [3.8, 4) is 0 Å². The molecule has 1 fully saturated rings. The third-order valence-electron chi connectivity index (χ3n) is 3.31. The van der Waals surface area contributed by atoms with E-state index in [0.29, 0.717) is 16.0 Å². The van der Waals surface area contributed by atoms with Crippen molar-refractivity contribution in [3.63, 3.8) is 0 Å². The van der Waals surface area contributed by atoms with E-state index < -0.39 is 29.9 Å². The molecule has 0 unspecified atom stereocenters. The van der Waals surface area contributed by atoms with Crippen LogP contribution in [0.5, 0.6) is 0 Å². The molecule has 2 atom stereocenters. The number of carboxylic acid groups (broad SMARTS) is 1. The van der Waals surface area contributed by atoms with Crippen molar-refractivity contribution >= 4 is 29.3 Å². The largest absolute Gasteiger partial charge is 0.480 e. The first-order valence-electron chi connectivity index (χ1n) is 6.06. The molecule has 0 spiro atoms. The molecular formula is C13H14N4O4. The molecule has 2 heterocycles. The number of imide groups is 1. The van der Waals surface area contributed by atoms with Crippen LogP contribution in [0.15, 0.2) is 24.9 Å². The lowest BCUT2D eigenvalue weighted by Gasteiger charge is -2.43. The minimum absolute atomic E-state index is 0.232. The molecule has 1 aromatic heterocycles. The Morgan fingerprint density at radius 2 is 2.19 bits per heavy atom. The highest BCUT2D eigenvalue weighted by Gasteiger charge is 2.55. The molecule has 2 rings (SSSR count). The number of carbonyl (C=O) groups is 3. The lowest BCUT2D eigenvalue weighted by atomic mass is 9.79. The Balaban J connectivity index is 2.31. The van der Waals surface area contributed by atoms with Crippen LogP contribution < -0.4 is 11.1 Å². The van der Waals surface area contributed by atoms with E-state index in [1.807, 2.05) is 0 Å². The minimum Gasteiger partial charge on any atom is -0.480 e. The zero-order valence-electron chi connectivity index (χ0n) is 11.2. The fraction of sp³-hybridized carbons (Fsp3) is 0.231. The van der Waals surface area contributed by atoms with Crippen LogP contribution in [0.4, 0.5) is 10.6 Å². The van der Waals surface area contributed by atoms with E-state index in [-0.39, 0.29) is 5.82 Å². The first-order valence-corrected chi connectivity index (χ1v) is 6.06. The maximum absolute atomic E-state index is 12.1. The molecular weight excluding hydrogens is 276 g/mol. The molecule has 0 aromatic carbocycles. The summed E-state index contributed by atoms with van der Waals surface area (Å²) in [6.07, 6.45) is 1.44. The second-order valence-corrected chi connectivity index (χ2v) is 4.52. The van der Waals surface area contributed by atoms with Gasteiger partial charge in [-0.2, -0.15) is 0 Å². The molecule has 8 heteroatoms. The summed E-state index contributed by atoms with van der Waals surface area (Å²) in [4.78, 5) is 39.4. The van der Waals surface area contributed by atoms with Gasteiger partial charge in [-0.1, -0.05) is 6.58 Å². The van der Waals surface area contributed by atoms with Gasteiger partial charge in [0.1, 0.15) is 5.82 Å². The van der Waals surface area contributed by atoms with Crippen molar-refractivity contribution in [2.45, 2.75) is 6.04 Å². The number of amides is 3. The number of aliphatic carboxylic acids is 1. The third kappa shape index (κ3) is 2.31. The maximum Gasteiger partial charge on any atom is 0.328 e. The van der Waals surface area contributed by atoms with Crippen molar-refractivity contribution in [1.29, 1.82) is 0 Å². The molecule has 0 aliphatic carbocycles. The molecule has 3 amide bonds. The van der Waals surface area contributed by atoms with Gasteiger partial charge in [0.25, 0.3) is 0 Å². The molecule has 21 heavy (non-hydrogen) atoms. The van der Waals surface area contributed by atoms with Crippen LogP contribution in [0.2, 0.25) is 0 Å². The van der Waals surface area contributed by atoms with E-state index >= 15 is 0 Å². The van der Waals surface area contributed by atoms with Gasteiger partial charge < -0.3 is 16.2 Å². The van der Waals surface area contributed by atoms with Crippen LogP contribution in [0.3, 0.4) is 0 Å². The van der Waals surface area contributed by atoms with Crippen molar-refractivity contribution in [2.24, 2.45) is 5.92 Å². The molecule has 0 bridgehead atoms. The number of urea groups is 1. The summed E-state index contributed by atoms with van der Waals surface area (Å²) >= 11 is 0. The van der Waals surface area contributed by atoms with Crippen LogP contribution in [0.1, 0.15) is 5.56 Å². The molecule has 4 N–H and O–H groups in total. The summed E-state index contributed by atoms with van der Waals surface area (Å²) in [7, 11) is 1.32.